The van der Waals surface area contributed by atoms with Crippen LogP contribution in [0.25, 0.3) is 12.2 Å². The molecule has 8 nitrogen and oxygen atoms in total. The van der Waals surface area contributed by atoms with E-state index in [9.17, 15) is 4.79 Å². The highest BCUT2D eigenvalue weighted by atomic mass is 32.1. The minimum Gasteiger partial charge on any atom is -0.465 e. The van der Waals surface area contributed by atoms with Gasteiger partial charge in [0.1, 0.15) is 22.1 Å². The first-order valence-electron chi connectivity index (χ1n) is 7.24. The molecule has 2 amide bonds. The van der Waals surface area contributed by atoms with Crippen molar-refractivity contribution in [3.8, 4) is 0 Å². The first-order chi connectivity index (χ1) is 11.7. The molecule has 0 aromatic carbocycles. The zero-order valence-corrected chi connectivity index (χ0v) is 13.9. The second kappa shape index (κ2) is 7.09. The summed E-state index contributed by atoms with van der Waals surface area (Å²) in [6.45, 7) is 3.67. The summed E-state index contributed by atoms with van der Waals surface area (Å²) >= 11 is 1.25. The molecule has 0 saturated carbocycles. The van der Waals surface area contributed by atoms with Gasteiger partial charge in [0, 0.05) is 0 Å². The largest absolute Gasteiger partial charge is 0.465 e. The number of anilines is 2. The highest BCUT2D eigenvalue weighted by Crippen LogP contribution is 2.22. The first-order valence-corrected chi connectivity index (χ1v) is 8.05. The molecule has 124 valence electrons. The Kier molecular flexibility index (Phi) is 4.71. The Morgan fingerprint density at radius 2 is 2.21 bits per heavy atom. The number of hydrogen-bond donors (Lipinski definition) is 2. The second-order valence-electron chi connectivity index (χ2n) is 4.79. The Morgan fingerprint density at radius 1 is 1.33 bits per heavy atom. The number of carbonyl (C=O) groups excluding carboxylic acids is 1. The summed E-state index contributed by atoms with van der Waals surface area (Å²) in [5.41, 5.74) is 1.28. The molecule has 0 aliphatic heterocycles. The maximum Gasteiger partial charge on any atom is 0.325 e. The van der Waals surface area contributed by atoms with Gasteiger partial charge in [-0.1, -0.05) is 23.4 Å². The quantitative estimate of drug-likeness (QED) is 0.728. The maximum atomic E-state index is 12.1. The molecule has 0 bridgehead atoms. The van der Waals surface area contributed by atoms with E-state index >= 15 is 0 Å². The van der Waals surface area contributed by atoms with E-state index < -0.39 is 6.03 Å². The van der Waals surface area contributed by atoms with Crippen molar-refractivity contribution in [1.82, 2.24) is 15.4 Å². The van der Waals surface area contributed by atoms with E-state index in [2.05, 4.69) is 26.0 Å². The fourth-order valence-electron chi connectivity index (χ4n) is 1.95. The van der Waals surface area contributed by atoms with Gasteiger partial charge in [0.25, 0.3) is 0 Å². The lowest BCUT2D eigenvalue weighted by molar-refractivity contribution is 0.262. The fourth-order valence-corrected chi connectivity index (χ4v) is 2.59. The van der Waals surface area contributed by atoms with Crippen LogP contribution in [-0.2, 0) is 6.42 Å². The lowest BCUT2D eigenvalue weighted by Crippen LogP contribution is -2.20. The molecule has 24 heavy (non-hydrogen) atoms. The molecule has 0 aliphatic rings. The predicted octanol–water partition coefficient (Wildman–Crippen LogP) is 3.80. The minimum absolute atomic E-state index is 0.388. The van der Waals surface area contributed by atoms with Gasteiger partial charge in [0.15, 0.2) is 5.76 Å². The highest BCUT2D eigenvalue weighted by Gasteiger charge is 2.15. The van der Waals surface area contributed by atoms with Crippen LogP contribution in [0.2, 0.25) is 0 Å². The fraction of sp³-hybridized carbons (Fsp3) is 0.200. The maximum absolute atomic E-state index is 12.1. The Hall–Kier alpha value is -2.94. The van der Waals surface area contributed by atoms with Crippen molar-refractivity contribution in [2.24, 2.45) is 0 Å². The van der Waals surface area contributed by atoms with Gasteiger partial charge in [-0.3, -0.25) is 5.32 Å². The van der Waals surface area contributed by atoms with E-state index in [0.29, 0.717) is 39.5 Å². The van der Waals surface area contributed by atoms with Gasteiger partial charge in [-0.2, -0.15) is 0 Å². The molecule has 3 rings (SSSR count). The van der Waals surface area contributed by atoms with Crippen molar-refractivity contribution >= 4 is 40.3 Å². The Bertz CT molecular complexity index is 850. The molecular weight excluding hydrogens is 330 g/mol. The van der Waals surface area contributed by atoms with E-state index in [1.807, 2.05) is 13.0 Å². The molecule has 0 saturated heterocycles. The summed E-state index contributed by atoms with van der Waals surface area (Å²) in [6, 6.07) is 3.21. The van der Waals surface area contributed by atoms with E-state index in [1.165, 1.54) is 11.3 Å². The number of carbonyl (C=O) groups is 1. The molecule has 0 radical (unpaired) electrons. The first kappa shape index (κ1) is 15.9. The topological polar surface area (TPSA) is 106 Å². The predicted molar refractivity (Wildman–Crippen MR) is 90.8 cm³/mol. The van der Waals surface area contributed by atoms with Gasteiger partial charge >= 0.3 is 6.03 Å². The van der Waals surface area contributed by atoms with Crippen LogP contribution in [0.1, 0.15) is 29.1 Å². The summed E-state index contributed by atoms with van der Waals surface area (Å²) in [5.74, 6) is 1.27. The summed E-state index contributed by atoms with van der Waals surface area (Å²) < 4.78 is 10.3. The van der Waals surface area contributed by atoms with Gasteiger partial charge in [-0.25, -0.2) is 4.79 Å². The zero-order chi connectivity index (χ0) is 16.9. The molecule has 2 N–H and O–H groups in total. The van der Waals surface area contributed by atoms with Crippen molar-refractivity contribution in [3.05, 3.63) is 40.6 Å². The zero-order valence-electron chi connectivity index (χ0n) is 13.1. The Balaban J connectivity index is 1.62. The number of aromatic nitrogens is 3. The molecule has 3 aromatic heterocycles. The Labute approximate surface area is 141 Å². The highest BCUT2D eigenvalue weighted by molar-refractivity contribution is 7.16. The number of nitrogens with one attached hydrogen (secondary N) is 2. The molecule has 0 unspecified atom stereocenters. The minimum atomic E-state index is -0.422. The summed E-state index contributed by atoms with van der Waals surface area (Å²) in [6.07, 6.45) is 5.79. The number of hydrogen-bond acceptors (Lipinski definition) is 7. The van der Waals surface area contributed by atoms with Crippen molar-refractivity contribution in [3.63, 3.8) is 0 Å². The van der Waals surface area contributed by atoms with Gasteiger partial charge in [0.05, 0.1) is 6.26 Å². The van der Waals surface area contributed by atoms with Crippen LogP contribution in [0.4, 0.5) is 15.6 Å². The smallest absolute Gasteiger partial charge is 0.325 e. The average Bonchev–Trinajstić information content (AvgIpc) is 3.29. The molecule has 0 aliphatic carbocycles. The van der Waals surface area contributed by atoms with Crippen molar-refractivity contribution in [1.29, 1.82) is 0 Å². The molecule has 3 aromatic rings. The van der Waals surface area contributed by atoms with Crippen LogP contribution in [0.15, 0.2) is 27.3 Å². The SMILES string of the molecule is CCc1noc(C)c1NC(=O)Nc1nnc(/C=C/c2ccco2)s1. The average molecular weight is 345 g/mol. The van der Waals surface area contributed by atoms with E-state index in [1.54, 1.807) is 31.4 Å². The van der Waals surface area contributed by atoms with Gasteiger partial charge < -0.3 is 14.3 Å². The van der Waals surface area contributed by atoms with Gasteiger partial charge in [-0.05, 0) is 37.6 Å². The molecule has 3 heterocycles. The van der Waals surface area contributed by atoms with Crippen LogP contribution in [0, 0.1) is 6.92 Å². The molecule has 9 heteroatoms. The van der Waals surface area contributed by atoms with Gasteiger partial charge in [-0.15, -0.1) is 10.2 Å². The van der Waals surface area contributed by atoms with E-state index in [-0.39, 0.29) is 0 Å². The summed E-state index contributed by atoms with van der Waals surface area (Å²) in [5, 5.41) is 18.2. The number of furan rings is 1. The van der Waals surface area contributed by atoms with Crippen LogP contribution in [0.3, 0.4) is 0 Å². The third kappa shape index (κ3) is 3.69. The molecular formula is C15H15N5O3S. The van der Waals surface area contributed by atoms with Crippen molar-refractivity contribution in [2.75, 3.05) is 10.6 Å². The number of urea groups is 1. The van der Waals surface area contributed by atoms with Crippen LogP contribution < -0.4 is 10.6 Å². The van der Waals surface area contributed by atoms with Crippen LogP contribution in [-0.4, -0.2) is 21.4 Å². The van der Waals surface area contributed by atoms with Crippen LogP contribution in [0.5, 0.6) is 0 Å². The summed E-state index contributed by atoms with van der Waals surface area (Å²) in [7, 11) is 0. The molecule has 0 fully saturated rings. The number of nitrogens with zero attached hydrogens (tertiary/aromatic N) is 3. The standard InChI is InChI=1S/C15H15N5O3S/c1-3-11-13(9(2)23-20-11)16-14(21)17-15-19-18-12(24-15)7-6-10-5-4-8-22-10/h4-8H,3H2,1-2H3,(H2,16,17,19,21)/b7-6+. The third-order valence-electron chi connectivity index (χ3n) is 3.10. The van der Waals surface area contributed by atoms with Crippen molar-refractivity contribution in [2.45, 2.75) is 20.3 Å². The van der Waals surface area contributed by atoms with Gasteiger partial charge in [0.2, 0.25) is 5.13 Å². The number of aryl methyl sites for hydroxylation is 2. The van der Waals surface area contributed by atoms with E-state index in [0.717, 1.165) is 0 Å². The summed E-state index contributed by atoms with van der Waals surface area (Å²) in [4.78, 5) is 12.1. The lowest BCUT2D eigenvalue weighted by atomic mass is 10.2. The normalized spacial score (nSPS) is 11.1. The Morgan fingerprint density at radius 3 is 2.96 bits per heavy atom. The molecule has 0 spiro atoms. The monoisotopic (exact) mass is 345 g/mol. The number of rotatable bonds is 5. The molecule has 0 atom stereocenters. The third-order valence-corrected chi connectivity index (χ3v) is 3.91. The second-order valence-corrected chi connectivity index (χ2v) is 5.80. The van der Waals surface area contributed by atoms with Crippen molar-refractivity contribution < 1.29 is 13.7 Å². The lowest BCUT2D eigenvalue weighted by Gasteiger charge is -2.04. The number of amides is 2. The van der Waals surface area contributed by atoms with Crippen LogP contribution >= 0.6 is 11.3 Å². The van der Waals surface area contributed by atoms with E-state index in [4.69, 9.17) is 8.94 Å².